The molecule has 0 aromatic carbocycles. The highest BCUT2D eigenvalue weighted by Gasteiger charge is 2.27. The molecule has 0 aromatic heterocycles. The molecule has 1 heterocycles. The minimum atomic E-state index is -0.0642. The maximum absolute atomic E-state index is 12.1. The summed E-state index contributed by atoms with van der Waals surface area (Å²) in [6, 6.07) is 0.302. The van der Waals surface area contributed by atoms with Crippen molar-refractivity contribution in [3.8, 4) is 0 Å². The van der Waals surface area contributed by atoms with Crippen molar-refractivity contribution in [2.45, 2.75) is 76.4 Å². The van der Waals surface area contributed by atoms with Gasteiger partial charge in [-0.05, 0) is 38.6 Å². The Kier molecular flexibility index (Phi) is 5.83. The van der Waals surface area contributed by atoms with Gasteiger partial charge >= 0.3 is 0 Å². The van der Waals surface area contributed by atoms with Gasteiger partial charge in [-0.3, -0.25) is 9.59 Å². The Hall–Kier alpha value is -1.10. The van der Waals surface area contributed by atoms with Crippen LogP contribution >= 0.6 is 0 Å². The van der Waals surface area contributed by atoms with Crippen LogP contribution in [0.3, 0.4) is 0 Å². The predicted octanol–water partition coefficient (Wildman–Crippen LogP) is 1.08. The van der Waals surface area contributed by atoms with Crippen molar-refractivity contribution in [3.63, 3.8) is 0 Å². The highest BCUT2D eigenvalue weighted by Crippen LogP contribution is 2.19. The number of carbonyl (C=O) groups excluding carboxylic acids is 2. The molecule has 1 aliphatic heterocycles. The van der Waals surface area contributed by atoms with Gasteiger partial charge in [-0.25, -0.2) is 0 Å². The second-order valence-corrected chi connectivity index (χ2v) is 6.04. The summed E-state index contributed by atoms with van der Waals surface area (Å²) in [7, 11) is 0. The number of rotatable bonds is 8. The first-order valence-electron chi connectivity index (χ1n) is 8.02. The SMILES string of the molecule is CCCC[C@@H](CC(=O)NC1CC1)NC(=O)[C@@H]1CCCN1. The standard InChI is InChI=1S/C15H27N3O2/c1-2-3-5-12(10-14(19)17-11-7-8-11)18-15(20)13-6-4-9-16-13/h11-13,16H,2-10H2,1H3,(H,17,19)(H,18,20)/t12-,13-/m0/s1. The lowest BCUT2D eigenvalue weighted by molar-refractivity contribution is -0.124. The summed E-state index contributed by atoms with van der Waals surface area (Å²) in [6.07, 6.45) is 7.58. The Balaban J connectivity index is 1.78. The number of amides is 2. The lowest BCUT2D eigenvalue weighted by atomic mass is 10.1. The number of unbranched alkanes of at least 4 members (excludes halogenated alkanes) is 1. The van der Waals surface area contributed by atoms with Crippen LogP contribution < -0.4 is 16.0 Å². The summed E-state index contributed by atoms with van der Waals surface area (Å²) in [6.45, 7) is 3.04. The normalized spacial score (nSPS) is 23.4. The van der Waals surface area contributed by atoms with Gasteiger partial charge in [0.05, 0.1) is 6.04 Å². The summed E-state index contributed by atoms with van der Waals surface area (Å²) in [4.78, 5) is 24.0. The largest absolute Gasteiger partial charge is 0.353 e. The van der Waals surface area contributed by atoms with E-state index in [1.54, 1.807) is 0 Å². The van der Waals surface area contributed by atoms with Gasteiger partial charge in [0, 0.05) is 18.5 Å². The van der Waals surface area contributed by atoms with Crippen LogP contribution in [0, 0.1) is 0 Å². The number of carbonyl (C=O) groups is 2. The van der Waals surface area contributed by atoms with E-state index in [4.69, 9.17) is 0 Å². The third kappa shape index (κ3) is 5.12. The fourth-order valence-corrected chi connectivity index (χ4v) is 2.62. The quantitative estimate of drug-likeness (QED) is 0.623. The summed E-state index contributed by atoms with van der Waals surface area (Å²) in [5.74, 6) is 0.135. The zero-order chi connectivity index (χ0) is 14.4. The molecule has 0 bridgehead atoms. The van der Waals surface area contributed by atoms with Gasteiger partial charge < -0.3 is 16.0 Å². The van der Waals surface area contributed by atoms with Gasteiger partial charge in [-0.1, -0.05) is 19.8 Å². The highest BCUT2D eigenvalue weighted by molar-refractivity contribution is 5.83. The van der Waals surface area contributed by atoms with Gasteiger partial charge in [-0.15, -0.1) is 0 Å². The van der Waals surface area contributed by atoms with Crippen LogP contribution in [0.4, 0.5) is 0 Å². The second-order valence-electron chi connectivity index (χ2n) is 6.04. The molecule has 5 nitrogen and oxygen atoms in total. The molecule has 2 fully saturated rings. The maximum Gasteiger partial charge on any atom is 0.237 e. The molecule has 2 rings (SSSR count). The van der Waals surface area contributed by atoms with Gasteiger partial charge in [0.15, 0.2) is 0 Å². The number of nitrogens with one attached hydrogen (secondary N) is 3. The summed E-state index contributed by atoms with van der Waals surface area (Å²) in [5, 5.41) is 9.25. The van der Waals surface area contributed by atoms with Gasteiger partial charge in [0.2, 0.25) is 11.8 Å². The summed E-state index contributed by atoms with van der Waals surface area (Å²) >= 11 is 0. The second kappa shape index (κ2) is 7.62. The smallest absolute Gasteiger partial charge is 0.237 e. The van der Waals surface area contributed by atoms with Crippen molar-refractivity contribution in [1.82, 2.24) is 16.0 Å². The first kappa shape index (κ1) is 15.3. The van der Waals surface area contributed by atoms with Crippen molar-refractivity contribution in [3.05, 3.63) is 0 Å². The zero-order valence-corrected chi connectivity index (χ0v) is 12.4. The minimum absolute atomic E-state index is 0.0244. The van der Waals surface area contributed by atoms with E-state index in [1.165, 1.54) is 0 Å². The van der Waals surface area contributed by atoms with Crippen LogP contribution in [0.1, 0.15) is 58.3 Å². The molecular weight excluding hydrogens is 254 g/mol. The summed E-state index contributed by atoms with van der Waals surface area (Å²) in [5.41, 5.74) is 0. The van der Waals surface area contributed by atoms with Crippen molar-refractivity contribution in [1.29, 1.82) is 0 Å². The van der Waals surface area contributed by atoms with E-state index in [1.807, 2.05) is 0 Å². The molecule has 0 radical (unpaired) electrons. The first-order chi connectivity index (χ1) is 9.69. The third-order valence-electron chi connectivity index (χ3n) is 4.00. The molecule has 0 unspecified atom stereocenters. The highest BCUT2D eigenvalue weighted by atomic mass is 16.2. The molecule has 2 atom stereocenters. The van der Waals surface area contributed by atoms with E-state index in [0.717, 1.165) is 51.5 Å². The maximum atomic E-state index is 12.1. The topological polar surface area (TPSA) is 70.2 Å². The van der Waals surface area contributed by atoms with Gasteiger partial charge in [-0.2, -0.15) is 0 Å². The molecular formula is C15H27N3O2. The molecule has 114 valence electrons. The van der Waals surface area contributed by atoms with Gasteiger partial charge in [0.1, 0.15) is 0 Å². The van der Waals surface area contributed by atoms with Crippen LogP contribution in [0.2, 0.25) is 0 Å². The van der Waals surface area contributed by atoms with Crippen LogP contribution in [0.15, 0.2) is 0 Å². The minimum Gasteiger partial charge on any atom is -0.353 e. The Morgan fingerprint density at radius 3 is 2.70 bits per heavy atom. The van der Waals surface area contributed by atoms with E-state index < -0.39 is 0 Å². The average molecular weight is 281 g/mol. The van der Waals surface area contributed by atoms with Gasteiger partial charge in [0.25, 0.3) is 0 Å². The van der Waals surface area contributed by atoms with Crippen molar-refractivity contribution in [2.75, 3.05) is 6.54 Å². The molecule has 1 saturated heterocycles. The third-order valence-corrected chi connectivity index (χ3v) is 4.00. The van der Waals surface area contributed by atoms with Crippen molar-refractivity contribution in [2.24, 2.45) is 0 Å². The van der Waals surface area contributed by atoms with E-state index in [2.05, 4.69) is 22.9 Å². The van der Waals surface area contributed by atoms with E-state index >= 15 is 0 Å². The molecule has 5 heteroatoms. The van der Waals surface area contributed by atoms with Crippen LogP contribution in [0.25, 0.3) is 0 Å². The average Bonchev–Trinajstić information content (AvgIpc) is 3.06. The number of hydrogen-bond acceptors (Lipinski definition) is 3. The molecule has 2 aliphatic rings. The monoisotopic (exact) mass is 281 g/mol. The Bertz CT molecular complexity index is 336. The number of hydrogen-bond donors (Lipinski definition) is 3. The zero-order valence-electron chi connectivity index (χ0n) is 12.4. The van der Waals surface area contributed by atoms with Crippen LogP contribution in [-0.2, 0) is 9.59 Å². The van der Waals surface area contributed by atoms with E-state index in [9.17, 15) is 9.59 Å². The van der Waals surface area contributed by atoms with Crippen LogP contribution in [-0.4, -0.2) is 36.5 Å². The molecule has 2 amide bonds. The van der Waals surface area contributed by atoms with E-state index in [0.29, 0.717) is 12.5 Å². The summed E-state index contributed by atoms with van der Waals surface area (Å²) < 4.78 is 0. The Morgan fingerprint density at radius 1 is 1.30 bits per heavy atom. The molecule has 1 saturated carbocycles. The molecule has 0 spiro atoms. The molecule has 0 aromatic rings. The fraction of sp³-hybridized carbons (Fsp3) is 0.867. The van der Waals surface area contributed by atoms with Crippen molar-refractivity contribution >= 4 is 11.8 Å². The lowest BCUT2D eigenvalue weighted by Crippen LogP contribution is -2.46. The first-order valence-corrected chi connectivity index (χ1v) is 8.02. The Labute approximate surface area is 121 Å². The fourth-order valence-electron chi connectivity index (χ4n) is 2.62. The molecule has 3 N–H and O–H groups in total. The van der Waals surface area contributed by atoms with Crippen molar-refractivity contribution < 1.29 is 9.59 Å². The Morgan fingerprint density at radius 2 is 2.10 bits per heavy atom. The van der Waals surface area contributed by atoms with Crippen LogP contribution in [0.5, 0.6) is 0 Å². The van der Waals surface area contributed by atoms with E-state index in [-0.39, 0.29) is 23.9 Å². The lowest BCUT2D eigenvalue weighted by Gasteiger charge is -2.20. The molecule has 1 aliphatic carbocycles. The predicted molar refractivity (Wildman–Crippen MR) is 78.3 cm³/mol. The molecule has 20 heavy (non-hydrogen) atoms.